The Morgan fingerprint density at radius 1 is 1.42 bits per heavy atom. The van der Waals surface area contributed by atoms with Crippen LogP contribution in [0.5, 0.6) is 0 Å². The van der Waals surface area contributed by atoms with Gasteiger partial charge in [0.25, 0.3) is 5.91 Å². The highest BCUT2D eigenvalue weighted by atomic mass is 79.9. The molecule has 0 bridgehead atoms. The number of nitrogens with one attached hydrogen (secondary N) is 1. The Balaban J connectivity index is 2.39. The first-order valence-electron chi connectivity index (χ1n) is 6.35. The lowest BCUT2D eigenvalue weighted by molar-refractivity contribution is -0.129. The van der Waals surface area contributed by atoms with Crippen molar-refractivity contribution in [3.8, 4) is 0 Å². The normalized spacial score (nSPS) is 24.1. The maximum absolute atomic E-state index is 12.7. The van der Waals surface area contributed by atoms with E-state index in [4.69, 9.17) is 0 Å². The van der Waals surface area contributed by atoms with Crippen LogP contribution in [0.15, 0.2) is 28.7 Å². The Morgan fingerprint density at radius 3 is 2.79 bits per heavy atom. The molecule has 2 rings (SSSR count). The molecule has 5 heteroatoms. The van der Waals surface area contributed by atoms with Crippen LogP contribution in [0.3, 0.4) is 0 Å². The molecule has 0 spiro atoms. The summed E-state index contributed by atoms with van der Waals surface area (Å²) in [6, 6.07) is 7.57. The van der Waals surface area contributed by atoms with E-state index in [1.165, 1.54) is 0 Å². The fraction of sp³-hybridized carbons (Fsp3) is 0.429. The van der Waals surface area contributed by atoms with Gasteiger partial charge in [0.2, 0.25) is 5.91 Å². The van der Waals surface area contributed by atoms with Crippen molar-refractivity contribution in [2.75, 3.05) is 11.4 Å². The van der Waals surface area contributed by atoms with Gasteiger partial charge in [0.1, 0.15) is 5.54 Å². The van der Waals surface area contributed by atoms with Crippen LogP contribution in [-0.4, -0.2) is 23.9 Å². The second-order valence-corrected chi connectivity index (χ2v) is 5.84. The third kappa shape index (κ3) is 2.81. The van der Waals surface area contributed by atoms with E-state index in [1.54, 1.807) is 11.8 Å². The van der Waals surface area contributed by atoms with Crippen LogP contribution >= 0.6 is 15.9 Å². The van der Waals surface area contributed by atoms with Crippen LogP contribution in [0.25, 0.3) is 0 Å². The van der Waals surface area contributed by atoms with Crippen molar-refractivity contribution in [3.05, 3.63) is 28.7 Å². The maximum atomic E-state index is 12.7. The molecule has 1 aliphatic rings. The molecule has 0 saturated carbocycles. The van der Waals surface area contributed by atoms with Gasteiger partial charge in [-0.15, -0.1) is 0 Å². The van der Waals surface area contributed by atoms with Gasteiger partial charge >= 0.3 is 0 Å². The summed E-state index contributed by atoms with van der Waals surface area (Å²) in [6.07, 6.45) is 0.899. The van der Waals surface area contributed by atoms with Crippen molar-refractivity contribution >= 4 is 33.4 Å². The monoisotopic (exact) mass is 324 g/mol. The standard InChI is InChI=1S/C14H17BrN2O2/c1-3-14(2)13(19)17(8-7-12(18)16-14)11-6-4-5-10(15)9-11/h4-6,9H,3,7-8H2,1-2H3,(H,16,18). The molecule has 1 aliphatic heterocycles. The molecule has 1 unspecified atom stereocenters. The van der Waals surface area contributed by atoms with Gasteiger partial charge in [-0.05, 0) is 31.5 Å². The van der Waals surface area contributed by atoms with Gasteiger partial charge in [-0.1, -0.05) is 28.9 Å². The van der Waals surface area contributed by atoms with Gasteiger partial charge in [-0.25, -0.2) is 0 Å². The zero-order chi connectivity index (χ0) is 14.0. The molecule has 0 radical (unpaired) electrons. The fourth-order valence-electron chi connectivity index (χ4n) is 2.17. The van der Waals surface area contributed by atoms with Gasteiger partial charge in [-0.2, -0.15) is 0 Å². The van der Waals surface area contributed by atoms with Crippen molar-refractivity contribution < 1.29 is 9.59 Å². The Morgan fingerprint density at radius 2 is 2.16 bits per heavy atom. The van der Waals surface area contributed by atoms with Gasteiger partial charge in [-0.3, -0.25) is 9.59 Å². The van der Waals surface area contributed by atoms with Gasteiger partial charge in [0, 0.05) is 23.1 Å². The van der Waals surface area contributed by atoms with Crippen molar-refractivity contribution in [1.29, 1.82) is 0 Å². The van der Waals surface area contributed by atoms with Crippen molar-refractivity contribution in [2.45, 2.75) is 32.2 Å². The summed E-state index contributed by atoms with van der Waals surface area (Å²) < 4.78 is 0.916. The number of rotatable bonds is 2. The molecule has 0 aliphatic carbocycles. The number of carbonyl (C=O) groups excluding carboxylic acids is 2. The van der Waals surface area contributed by atoms with Crippen LogP contribution in [0, 0.1) is 0 Å². The summed E-state index contributed by atoms with van der Waals surface area (Å²) >= 11 is 3.41. The molecule has 1 fully saturated rings. The number of hydrogen-bond donors (Lipinski definition) is 1. The first-order valence-corrected chi connectivity index (χ1v) is 7.14. The molecule has 2 amide bonds. The summed E-state index contributed by atoms with van der Waals surface area (Å²) in [6.45, 7) is 4.10. The molecule has 1 N–H and O–H groups in total. The summed E-state index contributed by atoms with van der Waals surface area (Å²) in [5.74, 6) is -0.130. The molecule has 0 aromatic heterocycles. The maximum Gasteiger partial charge on any atom is 0.252 e. The van der Waals surface area contributed by atoms with Gasteiger partial charge < -0.3 is 10.2 Å². The van der Waals surface area contributed by atoms with E-state index in [-0.39, 0.29) is 11.8 Å². The number of carbonyl (C=O) groups is 2. The number of halogens is 1. The van der Waals surface area contributed by atoms with E-state index in [2.05, 4.69) is 21.2 Å². The number of hydrogen-bond acceptors (Lipinski definition) is 2. The second-order valence-electron chi connectivity index (χ2n) is 4.92. The summed E-state index contributed by atoms with van der Waals surface area (Å²) in [5, 5.41) is 2.83. The Bertz CT molecular complexity index is 518. The highest BCUT2D eigenvalue weighted by Gasteiger charge is 2.39. The van der Waals surface area contributed by atoms with Gasteiger partial charge in [0.05, 0.1) is 0 Å². The molecule has 1 atom stereocenters. The number of nitrogens with zero attached hydrogens (tertiary/aromatic N) is 1. The minimum absolute atomic E-state index is 0.0565. The van der Waals surface area contributed by atoms with E-state index >= 15 is 0 Å². The molecule has 19 heavy (non-hydrogen) atoms. The predicted molar refractivity (Wildman–Crippen MR) is 78.0 cm³/mol. The molecular weight excluding hydrogens is 308 g/mol. The lowest BCUT2D eigenvalue weighted by Crippen LogP contribution is -2.54. The minimum Gasteiger partial charge on any atom is -0.342 e. The largest absolute Gasteiger partial charge is 0.342 e. The van der Waals surface area contributed by atoms with E-state index in [1.807, 2.05) is 31.2 Å². The average Bonchev–Trinajstić information content (AvgIpc) is 2.48. The van der Waals surface area contributed by atoms with E-state index in [0.29, 0.717) is 19.4 Å². The van der Waals surface area contributed by atoms with Crippen LogP contribution in [0.2, 0.25) is 0 Å². The fourth-order valence-corrected chi connectivity index (χ4v) is 2.55. The quantitative estimate of drug-likeness (QED) is 0.908. The smallest absolute Gasteiger partial charge is 0.252 e. The Hall–Kier alpha value is -1.36. The van der Waals surface area contributed by atoms with E-state index in [0.717, 1.165) is 10.2 Å². The predicted octanol–water partition coefficient (Wildman–Crippen LogP) is 2.47. The Labute approximate surface area is 121 Å². The molecule has 1 aromatic carbocycles. The topological polar surface area (TPSA) is 49.4 Å². The minimum atomic E-state index is -0.824. The third-order valence-corrected chi connectivity index (χ3v) is 4.02. The second kappa shape index (κ2) is 5.33. The summed E-state index contributed by atoms with van der Waals surface area (Å²) in [7, 11) is 0. The molecule has 1 aromatic rings. The molecule has 1 heterocycles. The molecule has 1 saturated heterocycles. The highest BCUT2D eigenvalue weighted by Crippen LogP contribution is 2.25. The Kier molecular flexibility index (Phi) is 3.94. The zero-order valence-corrected chi connectivity index (χ0v) is 12.7. The third-order valence-electron chi connectivity index (χ3n) is 3.52. The number of benzene rings is 1. The first-order chi connectivity index (χ1) is 8.96. The van der Waals surface area contributed by atoms with E-state index in [9.17, 15) is 9.59 Å². The number of anilines is 1. The van der Waals surface area contributed by atoms with Gasteiger partial charge in [0.15, 0.2) is 0 Å². The van der Waals surface area contributed by atoms with Crippen LogP contribution < -0.4 is 10.2 Å². The summed E-state index contributed by atoms with van der Waals surface area (Å²) in [4.78, 5) is 26.1. The van der Waals surface area contributed by atoms with Crippen LogP contribution in [-0.2, 0) is 9.59 Å². The lowest BCUT2D eigenvalue weighted by Gasteiger charge is -2.31. The highest BCUT2D eigenvalue weighted by molar-refractivity contribution is 9.10. The van der Waals surface area contributed by atoms with Crippen molar-refractivity contribution in [2.24, 2.45) is 0 Å². The lowest BCUT2D eigenvalue weighted by atomic mass is 9.97. The van der Waals surface area contributed by atoms with Crippen LogP contribution in [0.1, 0.15) is 26.7 Å². The molecule has 102 valence electrons. The average molecular weight is 325 g/mol. The van der Waals surface area contributed by atoms with Crippen molar-refractivity contribution in [1.82, 2.24) is 5.32 Å². The van der Waals surface area contributed by atoms with E-state index < -0.39 is 5.54 Å². The first kappa shape index (κ1) is 14.1. The molecule has 4 nitrogen and oxygen atoms in total. The van der Waals surface area contributed by atoms with Crippen LogP contribution in [0.4, 0.5) is 5.69 Å². The van der Waals surface area contributed by atoms with Crippen molar-refractivity contribution in [3.63, 3.8) is 0 Å². The molecular formula is C14H17BrN2O2. The zero-order valence-electron chi connectivity index (χ0n) is 11.1. The number of amides is 2. The summed E-state index contributed by atoms with van der Waals surface area (Å²) in [5.41, 5.74) is -0.00819. The SMILES string of the molecule is CCC1(C)NC(=O)CCN(c2cccc(Br)c2)C1=O.